The van der Waals surface area contributed by atoms with Gasteiger partial charge in [-0.25, -0.2) is 13.2 Å². The molecule has 19 heavy (non-hydrogen) atoms. The fourth-order valence-corrected chi connectivity index (χ4v) is 3.86. The molecule has 0 unspecified atom stereocenters. The van der Waals surface area contributed by atoms with E-state index >= 15 is 0 Å². The Kier molecular flexibility index (Phi) is 3.87. The number of nitrogens with one attached hydrogen (secondary N) is 1. The first kappa shape index (κ1) is 13.6. The smallest absolute Gasteiger partial charge is 0.349 e. The van der Waals surface area contributed by atoms with Gasteiger partial charge in [-0.15, -0.1) is 11.3 Å². The first-order valence-corrected chi connectivity index (χ1v) is 7.64. The number of anilines is 1. The number of carbonyl (C=O) groups is 1. The Morgan fingerprint density at radius 3 is 2.53 bits per heavy atom. The van der Waals surface area contributed by atoms with Crippen molar-refractivity contribution >= 4 is 33.0 Å². The van der Waals surface area contributed by atoms with E-state index in [1.807, 2.05) is 0 Å². The van der Waals surface area contributed by atoms with Gasteiger partial charge in [0.2, 0.25) is 0 Å². The largest absolute Gasteiger partial charge is 0.465 e. The van der Waals surface area contributed by atoms with Gasteiger partial charge < -0.3 is 4.74 Å². The van der Waals surface area contributed by atoms with Gasteiger partial charge in [-0.1, -0.05) is 18.2 Å². The van der Waals surface area contributed by atoms with Crippen molar-refractivity contribution in [2.75, 3.05) is 11.8 Å². The van der Waals surface area contributed by atoms with E-state index in [4.69, 9.17) is 0 Å². The molecule has 0 amide bonds. The van der Waals surface area contributed by atoms with E-state index in [0.717, 1.165) is 11.3 Å². The van der Waals surface area contributed by atoms with Crippen LogP contribution >= 0.6 is 11.3 Å². The molecule has 0 aliphatic carbocycles. The van der Waals surface area contributed by atoms with E-state index in [1.165, 1.54) is 18.6 Å². The lowest BCUT2D eigenvalue weighted by molar-refractivity contribution is 0.0602. The fourth-order valence-electron chi connectivity index (χ4n) is 1.47. The topological polar surface area (TPSA) is 72.5 Å². The molecule has 0 fully saturated rings. The van der Waals surface area contributed by atoms with Gasteiger partial charge >= 0.3 is 5.97 Å². The zero-order valence-electron chi connectivity index (χ0n) is 9.99. The van der Waals surface area contributed by atoms with E-state index in [0.29, 0.717) is 5.69 Å². The number of ether oxygens (including phenoxy) is 1. The number of carbonyl (C=O) groups excluding carboxylic acids is 1. The number of sulfonamides is 1. The molecule has 7 heteroatoms. The summed E-state index contributed by atoms with van der Waals surface area (Å²) in [4.78, 5) is 11.5. The zero-order valence-corrected chi connectivity index (χ0v) is 11.6. The molecule has 1 aromatic heterocycles. The molecule has 5 nitrogen and oxygen atoms in total. The van der Waals surface area contributed by atoms with Gasteiger partial charge in [-0.05, 0) is 23.6 Å². The molecule has 1 heterocycles. The third-order valence-electron chi connectivity index (χ3n) is 2.32. The number of benzene rings is 1. The van der Waals surface area contributed by atoms with Crippen LogP contribution in [0.4, 0.5) is 5.69 Å². The van der Waals surface area contributed by atoms with E-state index in [-0.39, 0.29) is 9.77 Å². The SMILES string of the molecule is COC(=O)c1sccc1S(=O)(=O)Nc1ccccc1. The van der Waals surface area contributed by atoms with Gasteiger partial charge in [0.1, 0.15) is 9.77 Å². The Balaban J connectivity index is 2.36. The Labute approximate surface area is 114 Å². The van der Waals surface area contributed by atoms with Gasteiger partial charge in [-0.3, -0.25) is 4.72 Å². The van der Waals surface area contributed by atoms with E-state index < -0.39 is 16.0 Å². The van der Waals surface area contributed by atoms with Gasteiger partial charge in [0.15, 0.2) is 0 Å². The van der Waals surface area contributed by atoms with Crippen molar-refractivity contribution in [3.05, 3.63) is 46.7 Å². The van der Waals surface area contributed by atoms with Crippen molar-refractivity contribution in [1.82, 2.24) is 0 Å². The summed E-state index contributed by atoms with van der Waals surface area (Å²) in [5, 5.41) is 1.53. The zero-order chi connectivity index (χ0) is 13.9. The van der Waals surface area contributed by atoms with Crippen LogP contribution in [0.3, 0.4) is 0 Å². The molecule has 0 spiro atoms. The van der Waals surface area contributed by atoms with Crippen LogP contribution in [-0.4, -0.2) is 21.5 Å². The van der Waals surface area contributed by atoms with Gasteiger partial charge in [-0.2, -0.15) is 0 Å². The molecule has 1 N–H and O–H groups in total. The molecule has 0 radical (unpaired) electrons. The van der Waals surface area contributed by atoms with Crippen molar-refractivity contribution in [3.63, 3.8) is 0 Å². The molecule has 1 aromatic carbocycles. The third-order valence-corrected chi connectivity index (χ3v) is 4.76. The number of hydrogen-bond acceptors (Lipinski definition) is 5. The highest BCUT2D eigenvalue weighted by molar-refractivity contribution is 7.93. The van der Waals surface area contributed by atoms with Crippen LogP contribution in [0.2, 0.25) is 0 Å². The maximum absolute atomic E-state index is 12.2. The minimum atomic E-state index is -3.80. The maximum Gasteiger partial charge on any atom is 0.349 e. The lowest BCUT2D eigenvalue weighted by atomic mass is 10.3. The van der Waals surface area contributed by atoms with Crippen molar-refractivity contribution in [2.24, 2.45) is 0 Å². The molecule has 0 aliphatic rings. The molecular weight excluding hydrogens is 286 g/mol. The summed E-state index contributed by atoms with van der Waals surface area (Å²) in [6, 6.07) is 9.84. The fraction of sp³-hybridized carbons (Fsp3) is 0.0833. The second-order valence-corrected chi connectivity index (χ2v) is 6.14. The summed E-state index contributed by atoms with van der Waals surface area (Å²) in [6.07, 6.45) is 0. The number of rotatable bonds is 4. The summed E-state index contributed by atoms with van der Waals surface area (Å²) in [5.41, 5.74) is 0.435. The Morgan fingerprint density at radius 2 is 1.89 bits per heavy atom. The highest BCUT2D eigenvalue weighted by atomic mass is 32.2. The Morgan fingerprint density at radius 1 is 1.21 bits per heavy atom. The maximum atomic E-state index is 12.2. The molecule has 2 rings (SSSR count). The first-order chi connectivity index (χ1) is 9.04. The normalized spacial score (nSPS) is 11.0. The quantitative estimate of drug-likeness (QED) is 0.879. The van der Waals surface area contributed by atoms with E-state index in [9.17, 15) is 13.2 Å². The standard InChI is InChI=1S/C12H11NO4S2/c1-17-12(14)11-10(7-8-18-11)19(15,16)13-9-5-3-2-4-6-9/h2-8,13H,1H3. The van der Waals surface area contributed by atoms with Crippen molar-refractivity contribution < 1.29 is 17.9 Å². The predicted octanol–water partition coefficient (Wildman–Crippen LogP) is 2.34. The summed E-state index contributed by atoms with van der Waals surface area (Å²) in [7, 11) is -2.58. The summed E-state index contributed by atoms with van der Waals surface area (Å²) >= 11 is 1.03. The number of thiophene rings is 1. The Hall–Kier alpha value is -1.86. The van der Waals surface area contributed by atoms with Crippen LogP contribution in [0.15, 0.2) is 46.7 Å². The van der Waals surface area contributed by atoms with Crippen LogP contribution in [0.1, 0.15) is 9.67 Å². The van der Waals surface area contributed by atoms with E-state index in [2.05, 4.69) is 9.46 Å². The molecule has 0 atom stereocenters. The average Bonchev–Trinajstić information content (AvgIpc) is 2.88. The molecule has 0 bridgehead atoms. The number of para-hydroxylation sites is 1. The molecule has 0 aliphatic heterocycles. The lowest BCUT2D eigenvalue weighted by Crippen LogP contribution is -2.15. The summed E-state index contributed by atoms with van der Waals surface area (Å²) < 4.78 is 31.4. The Bertz CT molecular complexity index is 677. The predicted molar refractivity (Wildman–Crippen MR) is 72.9 cm³/mol. The lowest BCUT2D eigenvalue weighted by Gasteiger charge is -2.07. The van der Waals surface area contributed by atoms with Crippen molar-refractivity contribution in [3.8, 4) is 0 Å². The number of hydrogen-bond donors (Lipinski definition) is 1. The van der Waals surface area contributed by atoms with Crippen molar-refractivity contribution in [1.29, 1.82) is 0 Å². The first-order valence-electron chi connectivity index (χ1n) is 5.28. The highest BCUT2D eigenvalue weighted by Crippen LogP contribution is 2.24. The summed E-state index contributed by atoms with van der Waals surface area (Å²) in [5.74, 6) is -0.663. The third kappa shape index (κ3) is 2.94. The second-order valence-electron chi connectivity index (χ2n) is 3.58. The van der Waals surface area contributed by atoms with Gasteiger partial charge in [0, 0.05) is 5.69 Å². The average molecular weight is 297 g/mol. The van der Waals surface area contributed by atoms with Crippen LogP contribution < -0.4 is 4.72 Å². The number of methoxy groups -OCH3 is 1. The van der Waals surface area contributed by atoms with Crippen LogP contribution in [-0.2, 0) is 14.8 Å². The second kappa shape index (κ2) is 5.41. The molecular formula is C12H11NO4S2. The minimum Gasteiger partial charge on any atom is -0.465 e. The highest BCUT2D eigenvalue weighted by Gasteiger charge is 2.24. The number of esters is 1. The van der Waals surface area contributed by atoms with Gasteiger partial charge in [0.05, 0.1) is 7.11 Å². The van der Waals surface area contributed by atoms with Crippen LogP contribution in [0, 0.1) is 0 Å². The van der Waals surface area contributed by atoms with Crippen molar-refractivity contribution in [2.45, 2.75) is 4.90 Å². The van der Waals surface area contributed by atoms with Crippen LogP contribution in [0.5, 0.6) is 0 Å². The molecule has 0 saturated carbocycles. The molecule has 100 valence electrons. The monoisotopic (exact) mass is 297 g/mol. The van der Waals surface area contributed by atoms with Crippen LogP contribution in [0.25, 0.3) is 0 Å². The van der Waals surface area contributed by atoms with E-state index in [1.54, 1.807) is 30.3 Å². The molecule has 0 saturated heterocycles. The molecule has 2 aromatic rings. The summed E-state index contributed by atoms with van der Waals surface area (Å²) in [6.45, 7) is 0. The minimum absolute atomic E-state index is 0.0610. The van der Waals surface area contributed by atoms with Gasteiger partial charge in [0.25, 0.3) is 10.0 Å².